The van der Waals surface area contributed by atoms with Crippen molar-refractivity contribution in [2.75, 3.05) is 30.3 Å². The Morgan fingerprint density at radius 3 is 2.60 bits per heavy atom. The third-order valence-corrected chi connectivity index (χ3v) is 5.14. The van der Waals surface area contributed by atoms with Crippen molar-refractivity contribution in [3.63, 3.8) is 0 Å². The fraction of sp³-hybridized carbons (Fsp3) is 0.714. The van der Waals surface area contributed by atoms with E-state index in [9.17, 15) is 4.79 Å². The second-order valence-corrected chi connectivity index (χ2v) is 6.73. The number of amides is 1. The summed E-state index contributed by atoms with van der Waals surface area (Å²) in [5.41, 5.74) is 5.89. The summed E-state index contributed by atoms with van der Waals surface area (Å²) < 4.78 is 0. The van der Waals surface area contributed by atoms with Gasteiger partial charge in [0.2, 0.25) is 0 Å². The van der Waals surface area contributed by atoms with E-state index < -0.39 is 0 Å². The molecule has 0 aliphatic carbocycles. The van der Waals surface area contributed by atoms with E-state index in [1.807, 2.05) is 4.90 Å². The number of aromatic nitrogens is 1. The number of anilines is 2. The van der Waals surface area contributed by atoms with E-state index in [1.165, 1.54) is 11.3 Å². The van der Waals surface area contributed by atoms with E-state index >= 15 is 0 Å². The van der Waals surface area contributed by atoms with Gasteiger partial charge in [-0.2, -0.15) is 0 Å². The van der Waals surface area contributed by atoms with Crippen molar-refractivity contribution in [1.82, 2.24) is 9.88 Å². The first kappa shape index (κ1) is 15.1. The summed E-state index contributed by atoms with van der Waals surface area (Å²) in [6.07, 6.45) is 2.10. The van der Waals surface area contributed by atoms with Gasteiger partial charge in [-0.3, -0.25) is 4.79 Å². The van der Waals surface area contributed by atoms with Gasteiger partial charge < -0.3 is 15.5 Å². The number of nitrogens with two attached hydrogens (primary N) is 1. The van der Waals surface area contributed by atoms with Crippen LogP contribution in [0.3, 0.4) is 0 Å². The monoisotopic (exact) mass is 296 g/mol. The predicted octanol–water partition coefficient (Wildman–Crippen LogP) is 2.59. The lowest BCUT2D eigenvalue weighted by atomic mass is 10.0. The van der Waals surface area contributed by atoms with Gasteiger partial charge in [0.1, 0.15) is 10.7 Å². The van der Waals surface area contributed by atoms with Crippen molar-refractivity contribution in [3.8, 4) is 0 Å². The third kappa shape index (κ3) is 2.61. The molecule has 1 aromatic rings. The zero-order valence-electron chi connectivity index (χ0n) is 12.8. The molecule has 0 spiro atoms. The second-order valence-electron chi connectivity index (χ2n) is 5.76. The summed E-state index contributed by atoms with van der Waals surface area (Å²) in [5.74, 6) is 0.394. The van der Waals surface area contributed by atoms with Crippen LogP contribution < -0.4 is 10.6 Å². The van der Waals surface area contributed by atoms with Gasteiger partial charge in [0, 0.05) is 25.2 Å². The van der Waals surface area contributed by atoms with Crippen LogP contribution in [0.15, 0.2) is 0 Å². The van der Waals surface area contributed by atoms with Crippen LogP contribution in [-0.4, -0.2) is 41.0 Å². The van der Waals surface area contributed by atoms with Crippen LogP contribution in [0.25, 0.3) is 0 Å². The van der Waals surface area contributed by atoms with E-state index in [-0.39, 0.29) is 11.4 Å². The van der Waals surface area contributed by atoms with E-state index in [1.54, 1.807) is 0 Å². The molecule has 2 N–H and O–H groups in total. The fourth-order valence-electron chi connectivity index (χ4n) is 2.71. The molecule has 0 saturated carbocycles. The highest BCUT2D eigenvalue weighted by Gasteiger charge is 2.37. The molecule has 2 heterocycles. The Morgan fingerprint density at radius 2 is 2.10 bits per heavy atom. The first-order valence-electron chi connectivity index (χ1n) is 7.24. The number of thiazole rings is 1. The number of hydrogen-bond acceptors (Lipinski definition) is 5. The normalized spacial score (nSPS) is 17.5. The molecule has 0 unspecified atom stereocenters. The highest BCUT2D eigenvalue weighted by atomic mass is 32.1. The summed E-state index contributed by atoms with van der Waals surface area (Å²) >= 11 is 1.41. The number of hydrogen-bond donors (Lipinski definition) is 1. The SMILES string of the molecule is CCN(CC)c1nc(N)c(C(=O)N2CCCC2(C)C)s1. The quantitative estimate of drug-likeness (QED) is 0.927. The summed E-state index contributed by atoms with van der Waals surface area (Å²) in [5, 5.41) is 0.841. The van der Waals surface area contributed by atoms with Crippen LogP contribution in [-0.2, 0) is 0 Å². The molecule has 0 aromatic carbocycles. The molecule has 20 heavy (non-hydrogen) atoms. The molecule has 0 atom stereocenters. The van der Waals surface area contributed by atoms with Gasteiger partial charge in [-0.05, 0) is 40.5 Å². The number of likely N-dealkylation sites (tertiary alicyclic amines) is 1. The molecule has 0 bridgehead atoms. The summed E-state index contributed by atoms with van der Waals surface area (Å²) in [6, 6.07) is 0. The molecule has 1 aromatic heterocycles. The highest BCUT2D eigenvalue weighted by Crippen LogP contribution is 2.34. The van der Waals surface area contributed by atoms with Crippen molar-refractivity contribution in [1.29, 1.82) is 0 Å². The fourth-order valence-corrected chi connectivity index (χ4v) is 3.77. The van der Waals surface area contributed by atoms with Crippen molar-refractivity contribution in [2.45, 2.75) is 46.1 Å². The molecule has 1 fully saturated rings. The maximum absolute atomic E-state index is 12.7. The average molecular weight is 296 g/mol. The van der Waals surface area contributed by atoms with Gasteiger partial charge in [-0.25, -0.2) is 4.98 Å². The maximum Gasteiger partial charge on any atom is 0.268 e. The molecule has 1 amide bonds. The Morgan fingerprint density at radius 1 is 1.45 bits per heavy atom. The minimum absolute atomic E-state index is 0.0286. The van der Waals surface area contributed by atoms with E-state index in [0.29, 0.717) is 10.7 Å². The summed E-state index contributed by atoms with van der Waals surface area (Å²) in [6.45, 7) is 10.9. The Labute approximate surface area is 124 Å². The maximum atomic E-state index is 12.7. The molecule has 2 rings (SSSR count). The van der Waals surface area contributed by atoms with Crippen molar-refractivity contribution >= 4 is 28.2 Å². The van der Waals surface area contributed by atoms with Crippen molar-refractivity contribution in [3.05, 3.63) is 4.88 Å². The van der Waals surface area contributed by atoms with Gasteiger partial charge >= 0.3 is 0 Å². The summed E-state index contributed by atoms with van der Waals surface area (Å²) in [7, 11) is 0. The zero-order chi connectivity index (χ0) is 14.9. The number of carbonyl (C=O) groups is 1. The van der Waals surface area contributed by atoms with Crippen LogP contribution in [0.5, 0.6) is 0 Å². The topological polar surface area (TPSA) is 62.5 Å². The van der Waals surface area contributed by atoms with Gasteiger partial charge in [-0.15, -0.1) is 0 Å². The minimum atomic E-state index is -0.0805. The van der Waals surface area contributed by atoms with Crippen LogP contribution in [0.1, 0.15) is 50.2 Å². The largest absolute Gasteiger partial charge is 0.382 e. The first-order valence-corrected chi connectivity index (χ1v) is 8.05. The lowest BCUT2D eigenvalue weighted by Gasteiger charge is -2.31. The minimum Gasteiger partial charge on any atom is -0.382 e. The van der Waals surface area contributed by atoms with Crippen LogP contribution in [0.4, 0.5) is 10.9 Å². The van der Waals surface area contributed by atoms with Crippen LogP contribution in [0, 0.1) is 0 Å². The van der Waals surface area contributed by atoms with Crippen molar-refractivity contribution < 1.29 is 4.79 Å². The standard InChI is InChI=1S/C14H24N4OS/c1-5-17(6-2)13-16-11(15)10(20-13)12(19)18-9-7-8-14(18,3)4/h5-9,15H2,1-4H3. The van der Waals surface area contributed by atoms with E-state index in [0.717, 1.165) is 37.6 Å². The molecule has 5 nitrogen and oxygen atoms in total. The second kappa shape index (κ2) is 5.60. The van der Waals surface area contributed by atoms with Gasteiger partial charge in [-0.1, -0.05) is 11.3 Å². The van der Waals surface area contributed by atoms with Crippen LogP contribution >= 0.6 is 11.3 Å². The Kier molecular flexibility index (Phi) is 4.22. The summed E-state index contributed by atoms with van der Waals surface area (Å²) in [4.78, 5) is 21.7. The molecule has 1 aliphatic heterocycles. The van der Waals surface area contributed by atoms with Gasteiger partial charge in [0.25, 0.3) is 5.91 Å². The Hall–Kier alpha value is -1.30. The smallest absolute Gasteiger partial charge is 0.268 e. The predicted molar refractivity (Wildman–Crippen MR) is 84.4 cm³/mol. The zero-order valence-corrected chi connectivity index (χ0v) is 13.6. The van der Waals surface area contributed by atoms with Gasteiger partial charge in [0.15, 0.2) is 5.13 Å². The Balaban J connectivity index is 2.27. The van der Waals surface area contributed by atoms with Crippen molar-refractivity contribution in [2.24, 2.45) is 0 Å². The third-order valence-electron chi connectivity index (χ3n) is 4.02. The number of carbonyl (C=O) groups excluding carboxylic acids is 1. The lowest BCUT2D eigenvalue weighted by Crippen LogP contribution is -2.42. The number of nitrogen functional groups attached to an aromatic ring is 1. The van der Waals surface area contributed by atoms with Crippen LogP contribution in [0.2, 0.25) is 0 Å². The molecular weight excluding hydrogens is 272 g/mol. The first-order chi connectivity index (χ1) is 9.40. The number of nitrogens with zero attached hydrogens (tertiary/aromatic N) is 3. The Bertz CT molecular complexity index is 493. The molecule has 6 heteroatoms. The average Bonchev–Trinajstić information content (AvgIpc) is 2.93. The highest BCUT2D eigenvalue weighted by molar-refractivity contribution is 7.18. The number of rotatable bonds is 4. The molecule has 1 aliphatic rings. The lowest BCUT2D eigenvalue weighted by molar-refractivity contribution is 0.0658. The van der Waals surface area contributed by atoms with Gasteiger partial charge in [0.05, 0.1) is 0 Å². The molecular formula is C14H24N4OS. The van der Waals surface area contributed by atoms with E-state index in [4.69, 9.17) is 5.73 Å². The molecule has 1 saturated heterocycles. The molecule has 0 radical (unpaired) electrons. The van der Waals surface area contributed by atoms with E-state index in [2.05, 4.69) is 37.6 Å². The molecule has 112 valence electrons.